The van der Waals surface area contributed by atoms with E-state index in [-0.39, 0.29) is 24.2 Å². The molecule has 188 valence electrons. The molecule has 0 saturated heterocycles. The van der Waals surface area contributed by atoms with E-state index in [1.807, 2.05) is 18.2 Å². The normalized spacial score (nSPS) is 10.2. The number of hydrogen-bond donors (Lipinski definition) is 2. The molecule has 0 unspecified atom stereocenters. The van der Waals surface area contributed by atoms with E-state index in [2.05, 4.69) is 10.6 Å². The summed E-state index contributed by atoms with van der Waals surface area (Å²) >= 11 is 0. The number of hydrogen-bond acceptors (Lipinski definition) is 7. The number of nitrogens with one attached hydrogen (secondary N) is 2. The van der Waals surface area contributed by atoms with Gasteiger partial charge in [-0.25, -0.2) is 4.79 Å². The highest BCUT2D eigenvalue weighted by Gasteiger charge is 2.10. The van der Waals surface area contributed by atoms with E-state index >= 15 is 0 Å². The average molecular weight is 493 g/mol. The van der Waals surface area contributed by atoms with Gasteiger partial charge >= 0.3 is 6.16 Å². The van der Waals surface area contributed by atoms with Crippen molar-refractivity contribution in [2.45, 2.75) is 19.8 Å². The zero-order chi connectivity index (χ0) is 25.9. The van der Waals surface area contributed by atoms with Crippen LogP contribution in [-0.4, -0.2) is 38.8 Å². The molecule has 2 N–H and O–H groups in total. The summed E-state index contributed by atoms with van der Waals surface area (Å²) in [5.74, 6) is 1.07. The van der Waals surface area contributed by atoms with Gasteiger partial charge in [0.15, 0.2) is 11.5 Å². The highest BCUT2D eigenvalue weighted by Crippen LogP contribution is 2.28. The van der Waals surface area contributed by atoms with Gasteiger partial charge in [-0.1, -0.05) is 6.07 Å². The van der Waals surface area contributed by atoms with Gasteiger partial charge < -0.3 is 29.6 Å². The summed E-state index contributed by atoms with van der Waals surface area (Å²) < 4.78 is 20.2. The van der Waals surface area contributed by atoms with Gasteiger partial charge in [-0.3, -0.25) is 9.59 Å². The maximum atomic E-state index is 12.5. The minimum Gasteiger partial charge on any atom is -0.493 e. The van der Waals surface area contributed by atoms with Gasteiger partial charge in [0.1, 0.15) is 5.75 Å². The lowest BCUT2D eigenvalue weighted by atomic mass is 10.1. The summed E-state index contributed by atoms with van der Waals surface area (Å²) in [6.07, 6.45) is 0.0381. The third kappa shape index (κ3) is 7.49. The molecule has 0 aromatic heterocycles. The van der Waals surface area contributed by atoms with Gasteiger partial charge in [-0.2, -0.15) is 0 Å². The van der Waals surface area contributed by atoms with E-state index in [0.717, 1.165) is 5.56 Å². The van der Waals surface area contributed by atoms with Crippen molar-refractivity contribution >= 4 is 29.3 Å². The molecule has 0 aliphatic heterocycles. The second-order valence-corrected chi connectivity index (χ2v) is 7.58. The molecule has 3 rings (SSSR count). The molecule has 36 heavy (non-hydrogen) atoms. The molecule has 2 amide bonds. The number of ether oxygens (including phenoxy) is 4. The molecule has 0 aliphatic carbocycles. The lowest BCUT2D eigenvalue weighted by Crippen LogP contribution is -2.14. The molecule has 3 aromatic rings. The summed E-state index contributed by atoms with van der Waals surface area (Å²) in [6.45, 7) is 1.89. The number of carbonyl (C=O) groups excluding carboxylic acids is 3. The number of anilines is 2. The second-order valence-electron chi connectivity index (χ2n) is 7.58. The minimum atomic E-state index is -0.803. The summed E-state index contributed by atoms with van der Waals surface area (Å²) in [4.78, 5) is 36.2. The first-order chi connectivity index (χ1) is 17.4. The van der Waals surface area contributed by atoms with Gasteiger partial charge in [0.05, 0.1) is 20.8 Å². The molecule has 0 atom stereocenters. The second kappa shape index (κ2) is 12.8. The van der Waals surface area contributed by atoms with Gasteiger partial charge in [-0.05, 0) is 79.6 Å². The average Bonchev–Trinajstić information content (AvgIpc) is 2.89. The SMILES string of the molecule is CCOC(=O)Oc1ccc(C(=O)Nc2ccc(NC(=O)CCc3ccc(OC)c(OC)c3)cc2)cc1. The van der Waals surface area contributed by atoms with E-state index in [4.69, 9.17) is 18.9 Å². The lowest BCUT2D eigenvalue weighted by Gasteiger charge is -2.10. The number of carbonyl (C=O) groups is 3. The van der Waals surface area contributed by atoms with Crippen LogP contribution in [-0.2, 0) is 16.0 Å². The van der Waals surface area contributed by atoms with Crippen LogP contribution in [0.15, 0.2) is 66.7 Å². The van der Waals surface area contributed by atoms with E-state index in [9.17, 15) is 14.4 Å². The standard InChI is InChI=1S/C27H28N2O7/c1-4-35-27(32)36-22-13-7-19(8-14-22)26(31)29-21-11-9-20(10-12-21)28-25(30)16-6-18-5-15-23(33-2)24(17-18)34-3/h5,7-15,17H,4,6,16H2,1-3H3,(H,28,30)(H,29,31). The number of benzene rings is 3. The maximum Gasteiger partial charge on any atom is 0.513 e. The van der Waals surface area contributed by atoms with Crippen molar-refractivity contribution in [1.29, 1.82) is 0 Å². The fourth-order valence-corrected chi connectivity index (χ4v) is 3.28. The van der Waals surface area contributed by atoms with Crippen LogP contribution in [0, 0.1) is 0 Å². The summed E-state index contributed by atoms with van der Waals surface area (Å²) in [7, 11) is 3.14. The van der Waals surface area contributed by atoms with Crippen LogP contribution in [0.5, 0.6) is 17.2 Å². The van der Waals surface area contributed by atoms with Crippen molar-refractivity contribution in [2.24, 2.45) is 0 Å². The first-order valence-electron chi connectivity index (χ1n) is 11.3. The molecule has 0 spiro atoms. The lowest BCUT2D eigenvalue weighted by molar-refractivity contribution is -0.116. The van der Waals surface area contributed by atoms with E-state index in [1.54, 1.807) is 45.4 Å². The predicted octanol–water partition coefficient (Wildman–Crippen LogP) is 5.06. The predicted molar refractivity (Wildman–Crippen MR) is 135 cm³/mol. The van der Waals surface area contributed by atoms with Crippen LogP contribution in [0.3, 0.4) is 0 Å². The van der Waals surface area contributed by atoms with Crippen molar-refractivity contribution in [2.75, 3.05) is 31.5 Å². The van der Waals surface area contributed by atoms with E-state index in [1.165, 1.54) is 24.3 Å². The number of rotatable bonds is 10. The van der Waals surface area contributed by atoms with Gasteiger partial charge in [0.25, 0.3) is 5.91 Å². The molecule has 9 heteroatoms. The molecule has 0 heterocycles. The zero-order valence-electron chi connectivity index (χ0n) is 20.3. The quantitative estimate of drug-likeness (QED) is 0.300. The Morgan fingerprint density at radius 2 is 1.42 bits per heavy atom. The monoisotopic (exact) mass is 492 g/mol. The Labute approximate surface area is 209 Å². The molecule has 0 fully saturated rings. The number of amides is 2. The molecule has 0 radical (unpaired) electrons. The third-order valence-electron chi connectivity index (χ3n) is 5.10. The largest absolute Gasteiger partial charge is 0.513 e. The zero-order valence-corrected chi connectivity index (χ0v) is 20.3. The van der Waals surface area contributed by atoms with Crippen LogP contribution in [0.4, 0.5) is 16.2 Å². The van der Waals surface area contributed by atoms with Crippen LogP contribution in [0.2, 0.25) is 0 Å². The minimum absolute atomic E-state index is 0.133. The molecule has 9 nitrogen and oxygen atoms in total. The molecule has 0 bridgehead atoms. The highest BCUT2D eigenvalue weighted by atomic mass is 16.7. The Bertz CT molecular complexity index is 1190. The van der Waals surface area contributed by atoms with Crippen LogP contribution >= 0.6 is 0 Å². The molecule has 3 aromatic carbocycles. The van der Waals surface area contributed by atoms with Crippen molar-refractivity contribution in [3.8, 4) is 17.2 Å². The summed E-state index contributed by atoms with van der Waals surface area (Å²) in [5, 5.41) is 5.63. The smallest absolute Gasteiger partial charge is 0.493 e. The Balaban J connectivity index is 1.49. The molecule has 0 saturated carbocycles. The fraction of sp³-hybridized carbons (Fsp3) is 0.222. The first-order valence-corrected chi connectivity index (χ1v) is 11.3. The summed E-state index contributed by atoms with van der Waals surface area (Å²) in [5.41, 5.74) is 2.53. The number of aryl methyl sites for hydroxylation is 1. The van der Waals surface area contributed by atoms with Crippen LogP contribution in [0.1, 0.15) is 29.3 Å². The van der Waals surface area contributed by atoms with E-state index in [0.29, 0.717) is 41.3 Å². The van der Waals surface area contributed by atoms with Crippen molar-refractivity contribution in [3.63, 3.8) is 0 Å². The number of methoxy groups -OCH3 is 2. The van der Waals surface area contributed by atoms with Crippen molar-refractivity contribution in [1.82, 2.24) is 0 Å². The van der Waals surface area contributed by atoms with Crippen molar-refractivity contribution in [3.05, 3.63) is 77.9 Å². The first kappa shape index (κ1) is 26.1. The summed E-state index contributed by atoms with van der Waals surface area (Å²) in [6, 6.07) is 18.5. The maximum absolute atomic E-state index is 12.5. The highest BCUT2D eigenvalue weighted by molar-refractivity contribution is 6.04. The molecular weight excluding hydrogens is 464 g/mol. The van der Waals surface area contributed by atoms with Crippen LogP contribution in [0.25, 0.3) is 0 Å². The Kier molecular flexibility index (Phi) is 9.27. The Morgan fingerprint density at radius 1 is 0.778 bits per heavy atom. The fourth-order valence-electron chi connectivity index (χ4n) is 3.28. The van der Waals surface area contributed by atoms with Crippen molar-refractivity contribution < 1.29 is 33.3 Å². The Morgan fingerprint density at radius 3 is 2.03 bits per heavy atom. The molecule has 0 aliphatic rings. The van der Waals surface area contributed by atoms with Gasteiger partial charge in [-0.15, -0.1) is 0 Å². The topological polar surface area (TPSA) is 112 Å². The van der Waals surface area contributed by atoms with Gasteiger partial charge in [0, 0.05) is 23.4 Å². The Hall–Kier alpha value is -4.53. The van der Waals surface area contributed by atoms with E-state index < -0.39 is 6.16 Å². The molecular formula is C27H28N2O7. The van der Waals surface area contributed by atoms with Crippen LogP contribution < -0.4 is 24.8 Å². The van der Waals surface area contributed by atoms with Gasteiger partial charge in [0.2, 0.25) is 5.91 Å². The third-order valence-corrected chi connectivity index (χ3v) is 5.10.